The molecular weight excluding hydrogens is 857 g/mol. The van der Waals surface area contributed by atoms with E-state index in [0.717, 1.165) is 34.6 Å². The molecule has 18 heteroatoms. The number of nitrogens with one attached hydrogen (secondary N) is 2. The summed E-state index contributed by atoms with van der Waals surface area (Å²) in [5.74, 6) is -2.97. The zero-order chi connectivity index (χ0) is 47.9. The summed E-state index contributed by atoms with van der Waals surface area (Å²) in [7, 11) is 3.19. The highest BCUT2D eigenvalue weighted by Gasteiger charge is 2.28. The van der Waals surface area contributed by atoms with Crippen LogP contribution in [0.15, 0.2) is 140 Å². The molecule has 4 heterocycles. The topological polar surface area (TPSA) is 258 Å². The van der Waals surface area contributed by atoms with Gasteiger partial charge in [0.15, 0.2) is 11.6 Å². The minimum atomic E-state index is -1.12. The van der Waals surface area contributed by atoms with Gasteiger partial charge in [0.05, 0.1) is 42.8 Å². The third kappa shape index (κ3) is 12.3. The van der Waals surface area contributed by atoms with Crippen LogP contribution >= 0.6 is 0 Å². The molecule has 0 spiro atoms. The first-order chi connectivity index (χ1) is 32.4. The van der Waals surface area contributed by atoms with Gasteiger partial charge < -0.3 is 31.6 Å². The number of benzene rings is 3. The van der Waals surface area contributed by atoms with Crippen molar-refractivity contribution >= 4 is 35.2 Å². The fourth-order valence-corrected chi connectivity index (χ4v) is 6.78. The lowest BCUT2D eigenvalue weighted by Gasteiger charge is -2.17. The number of Topliss-reactive ketones (excluding diaryl/α,β-unsaturated/α-hetero) is 2. The lowest BCUT2D eigenvalue weighted by Crippen LogP contribution is -2.47. The van der Waals surface area contributed by atoms with E-state index >= 15 is 0 Å². The van der Waals surface area contributed by atoms with Gasteiger partial charge in [-0.15, -0.1) is 0 Å². The van der Waals surface area contributed by atoms with Gasteiger partial charge in [-0.05, 0) is 96.9 Å². The second-order valence-corrected chi connectivity index (χ2v) is 14.8. The Labute approximate surface area is 385 Å². The van der Waals surface area contributed by atoms with Crippen LogP contribution in [0.4, 0.5) is 0 Å². The zero-order valence-electron chi connectivity index (χ0n) is 36.9. The highest BCUT2D eigenvalue weighted by Crippen LogP contribution is 2.24. The van der Waals surface area contributed by atoms with Gasteiger partial charge in [0, 0.05) is 42.3 Å². The van der Waals surface area contributed by atoms with E-state index in [-0.39, 0.29) is 23.4 Å². The second-order valence-electron chi connectivity index (χ2n) is 14.8. The maximum Gasteiger partial charge on any atom is 0.287 e. The molecule has 0 saturated heterocycles. The van der Waals surface area contributed by atoms with Gasteiger partial charge in [-0.3, -0.25) is 28.8 Å². The first-order valence-electron chi connectivity index (χ1n) is 21.0. The Morgan fingerprint density at radius 3 is 1.46 bits per heavy atom. The van der Waals surface area contributed by atoms with Crippen molar-refractivity contribution in [3.8, 4) is 45.6 Å². The van der Waals surface area contributed by atoms with Crippen molar-refractivity contribution in [1.82, 2.24) is 40.2 Å². The molecular formula is C49H48N10O8. The van der Waals surface area contributed by atoms with Gasteiger partial charge in [0.25, 0.3) is 23.6 Å². The number of carbonyl (C=O) groups is 6. The van der Waals surface area contributed by atoms with E-state index < -0.39 is 47.3 Å². The smallest absolute Gasteiger partial charge is 0.287 e. The van der Waals surface area contributed by atoms with Crippen LogP contribution < -0.4 is 31.6 Å². The third-order valence-electron chi connectivity index (χ3n) is 10.3. The van der Waals surface area contributed by atoms with Gasteiger partial charge >= 0.3 is 0 Å². The highest BCUT2D eigenvalue weighted by molar-refractivity contribution is 6.38. The number of primary amides is 2. The molecule has 0 aliphatic rings. The molecule has 18 nitrogen and oxygen atoms in total. The Bertz CT molecular complexity index is 2840. The summed E-state index contributed by atoms with van der Waals surface area (Å²) in [5.41, 5.74) is 14.7. The van der Waals surface area contributed by atoms with Crippen molar-refractivity contribution in [3.63, 3.8) is 0 Å². The maximum absolute atomic E-state index is 13.2. The molecule has 3 aromatic carbocycles. The van der Waals surface area contributed by atoms with Crippen LogP contribution in [0.2, 0.25) is 0 Å². The van der Waals surface area contributed by atoms with Crippen LogP contribution in [-0.4, -0.2) is 91.0 Å². The molecule has 0 aliphatic carbocycles. The second kappa shape index (κ2) is 22.7. The van der Waals surface area contributed by atoms with E-state index in [1.165, 1.54) is 15.6 Å². The molecule has 0 radical (unpaired) electrons. The van der Waals surface area contributed by atoms with Crippen molar-refractivity contribution in [2.24, 2.45) is 11.5 Å². The van der Waals surface area contributed by atoms with Crippen molar-refractivity contribution in [1.29, 1.82) is 0 Å². The Morgan fingerprint density at radius 1 is 0.582 bits per heavy atom. The number of aromatic nitrogens is 6. The zero-order valence-corrected chi connectivity index (χ0v) is 36.9. The summed E-state index contributed by atoms with van der Waals surface area (Å²) >= 11 is 0. The van der Waals surface area contributed by atoms with Crippen LogP contribution in [0.25, 0.3) is 34.2 Å². The average molecular weight is 905 g/mol. The van der Waals surface area contributed by atoms with E-state index in [1.54, 1.807) is 93.5 Å². The number of nitrogens with zero attached hydrogens (tertiary/aromatic N) is 6. The number of amides is 4. The number of unbranched alkanes of at least 4 members (excludes halogenated alkanes) is 1. The van der Waals surface area contributed by atoms with Gasteiger partial charge in [-0.2, -0.15) is 10.2 Å². The summed E-state index contributed by atoms with van der Waals surface area (Å²) in [5, 5.41) is 14.4. The van der Waals surface area contributed by atoms with E-state index in [2.05, 4.69) is 30.8 Å². The number of ether oxygens (including phenoxy) is 2. The molecule has 0 saturated carbocycles. The molecule has 7 aromatic rings. The molecule has 2 atom stereocenters. The predicted octanol–water partition coefficient (Wildman–Crippen LogP) is 4.62. The number of hydrogen-bond acceptors (Lipinski definition) is 12. The summed E-state index contributed by atoms with van der Waals surface area (Å²) in [6.07, 6.45) is 8.37. The molecule has 342 valence electrons. The number of ketones is 2. The monoisotopic (exact) mass is 904 g/mol. The molecule has 0 fully saturated rings. The van der Waals surface area contributed by atoms with Gasteiger partial charge in [-0.25, -0.2) is 19.3 Å². The summed E-state index contributed by atoms with van der Waals surface area (Å²) in [6.45, 7) is 1.95. The van der Waals surface area contributed by atoms with Crippen molar-refractivity contribution in [2.45, 2.75) is 44.7 Å². The minimum Gasteiger partial charge on any atom is -0.497 e. The Kier molecular flexibility index (Phi) is 16.2. The molecule has 0 bridgehead atoms. The fraction of sp³-hybridized carbons (Fsp3) is 0.184. The number of pyridine rings is 2. The van der Waals surface area contributed by atoms with E-state index in [1.807, 2.05) is 61.5 Å². The molecule has 0 aliphatic heterocycles. The summed E-state index contributed by atoms with van der Waals surface area (Å²) < 4.78 is 13.3. The number of carbonyl (C=O) groups excluding carboxylic acids is 6. The maximum atomic E-state index is 13.2. The van der Waals surface area contributed by atoms with Gasteiger partial charge in [0.2, 0.25) is 11.6 Å². The van der Waals surface area contributed by atoms with Crippen LogP contribution in [0.3, 0.4) is 0 Å². The summed E-state index contributed by atoms with van der Waals surface area (Å²) in [6, 6.07) is 31.7. The molecule has 4 amide bonds. The average Bonchev–Trinajstić information content (AvgIpc) is 4.07. The van der Waals surface area contributed by atoms with Crippen molar-refractivity contribution in [3.05, 3.63) is 157 Å². The number of nitrogens with two attached hydrogens (primary N) is 2. The standard InChI is InChI=1S/C26H23N5O4.C23H25N5O4/c1-35-19-11-9-18(10-12-19)21-13-15-31(30-21)25-20(8-5-14-28-25)26(34)29-22(23(32)24(27)33)16-17-6-3-2-4-7-17;1-3-4-7-19(20(29)21(24)30)26-23(31)17-6-5-13-25-22(17)28-14-12-18(27-28)15-8-10-16(32-2)11-9-15/h2-15,22H,16H2,1H3,(H2,27,33)(H,29,34);5-6,8-14,19H,3-4,7H2,1-2H3,(H2,24,30)(H,26,31). The van der Waals surface area contributed by atoms with Gasteiger partial charge in [0.1, 0.15) is 17.5 Å². The SMILES string of the molecule is CCCCC(NC(=O)c1cccnc1-n1ccc(-c2ccc(OC)cc2)n1)C(=O)C(N)=O.COc1ccc(-c2ccn(-c3ncccc3C(=O)NC(Cc3ccccc3)C(=O)C(N)=O)n2)cc1. The van der Waals surface area contributed by atoms with Crippen molar-refractivity contribution in [2.75, 3.05) is 14.2 Å². The van der Waals surface area contributed by atoms with Crippen LogP contribution in [0.1, 0.15) is 52.5 Å². The first kappa shape index (κ1) is 47.7. The number of methoxy groups -OCH3 is 2. The largest absolute Gasteiger partial charge is 0.497 e. The fourth-order valence-electron chi connectivity index (χ4n) is 6.78. The van der Waals surface area contributed by atoms with Gasteiger partial charge in [-0.1, -0.05) is 50.1 Å². The minimum absolute atomic E-state index is 0.118. The number of rotatable bonds is 19. The quantitative estimate of drug-likeness (QED) is 0.0811. The molecule has 7 rings (SSSR count). The highest BCUT2D eigenvalue weighted by atomic mass is 16.5. The van der Waals surface area contributed by atoms with Crippen LogP contribution in [0, 0.1) is 0 Å². The Balaban J connectivity index is 0.000000222. The van der Waals surface area contributed by atoms with Crippen LogP contribution in [-0.2, 0) is 25.6 Å². The lowest BCUT2D eigenvalue weighted by atomic mass is 10.0. The van der Waals surface area contributed by atoms with E-state index in [9.17, 15) is 28.8 Å². The number of hydrogen-bond donors (Lipinski definition) is 4. The predicted molar refractivity (Wildman–Crippen MR) is 247 cm³/mol. The molecule has 67 heavy (non-hydrogen) atoms. The summed E-state index contributed by atoms with van der Waals surface area (Å²) in [4.78, 5) is 82.4. The lowest BCUT2D eigenvalue weighted by molar-refractivity contribution is -0.137. The van der Waals surface area contributed by atoms with E-state index in [4.69, 9.17) is 20.9 Å². The molecule has 4 aromatic heterocycles. The van der Waals surface area contributed by atoms with Crippen LogP contribution in [0.5, 0.6) is 11.5 Å². The Morgan fingerprint density at radius 2 is 1.03 bits per heavy atom. The first-order valence-corrected chi connectivity index (χ1v) is 21.0. The molecule has 2 unspecified atom stereocenters. The Hall–Kier alpha value is -8.80. The third-order valence-corrected chi connectivity index (χ3v) is 10.3. The normalized spacial score (nSPS) is 11.5. The molecule has 6 N–H and O–H groups in total. The van der Waals surface area contributed by atoms with E-state index in [0.29, 0.717) is 30.0 Å². The van der Waals surface area contributed by atoms with Crippen molar-refractivity contribution < 1.29 is 38.2 Å².